The second kappa shape index (κ2) is 9.88. The van der Waals surface area contributed by atoms with Crippen molar-refractivity contribution in [1.82, 2.24) is 0 Å². The largest absolute Gasteiger partial charge is 3.00 e. The van der Waals surface area contributed by atoms with Crippen LogP contribution < -0.4 is 0 Å². The maximum absolute atomic E-state index is 4.82. The van der Waals surface area contributed by atoms with E-state index in [4.69, 9.17) is 5.32 Å². The minimum Gasteiger partial charge on any atom is -0.657 e. The van der Waals surface area contributed by atoms with Crippen molar-refractivity contribution in [2.45, 2.75) is 77.2 Å². The van der Waals surface area contributed by atoms with Crippen LogP contribution in [-0.4, -0.2) is 29.1 Å². The van der Waals surface area contributed by atoms with E-state index < -0.39 is 0 Å². The third kappa shape index (κ3) is 8.82. The summed E-state index contributed by atoms with van der Waals surface area (Å²) in [6.45, 7) is 15.7. The molecule has 19 heavy (non-hydrogen) atoms. The van der Waals surface area contributed by atoms with Gasteiger partial charge in [0.2, 0.25) is 0 Å². The van der Waals surface area contributed by atoms with Crippen molar-refractivity contribution in [1.29, 1.82) is 0 Å². The fourth-order valence-electron chi connectivity index (χ4n) is 3.00. The summed E-state index contributed by atoms with van der Waals surface area (Å²) in [6.07, 6.45) is 5.46. The first-order valence-electron chi connectivity index (χ1n) is 6.74. The van der Waals surface area contributed by atoms with Crippen LogP contribution in [0.15, 0.2) is 0 Å². The maximum Gasteiger partial charge on any atom is 3.00 e. The van der Waals surface area contributed by atoms with Gasteiger partial charge in [-0.1, -0.05) is 19.3 Å². The van der Waals surface area contributed by atoms with Crippen LogP contribution in [0.2, 0.25) is 0 Å². The molecule has 1 saturated heterocycles. The molecule has 118 valence electrons. The van der Waals surface area contributed by atoms with Gasteiger partial charge in [-0.05, 0) is 41.5 Å². The van der Waals surface area contributed by atoms with Gasteiger partial charge in [0.05, 0.1) is 10.3 Å². The summed E-state index contributed by atoms with van der Waals surface area (Å²) in [7, 11) is -0.368. The van der Waals surface area contributed by atoms with Gasteiger partial charge in [-0.3, -0.25) is 0 Å². The van der Waals surface area contributed by atoms with Gasteiger partial charge in [0.15, 0.2) is 0 Å². The summed E-state index contributed by atoms with van der Waals surface area (Å²) < 4.78 is 0. The molecule has 0 aromatic rings. The Kier molecular flexibility index (Phi) is 13.0. The predicted molar refractivity (Wildman–Crippen MR) is 91.4 cm³/mol. The van der Waals surface area contributed by atoms with Crippen molar-refractivity contribution in [2.75, 3.05) is 12.7 Å². The van der Waals surface area contributed by atoms with E-state index in [-0.39, 0.29) is 42.9 Å². The first kappa shape index (κ1) is 25.0. The van der Waals surface area contributed by atoms with E-state index in [9.17, 15) is 0 Å². The van der Waals surface area contributed by atoms with Gasteiger partial charge < -0.3 is 20.2 Å². The molecule has 0 aromatic carbocycles. The van der Waals surface area contributed by atoms with E-state index >= 15 is 0 Å². The van der Waals surface area contributed by atoms with Crippen LogP contribution >= 0.6 is 7.92 Å². The van der Waals surface area contributed by atoms with Crippen molar-refractivity contribution in [3.8, 4) is 0 Å². The van der Waals surface area contributed by atoms with Crippen LogP contribution in [-0.2, 0) is 20.1 Å². The molecule has 0 radical (unpaired) electrons. The SMILES string of the molecule is CC(C)(C)[PH+](CC1CCCC[N-]1)C(C)(C)C.[CH3-].[CH3-].[Ir+3]. The molecule has 0 aromatic heterocycles. The average Bonchev–Trinajstić information content (AvgIpc) is 2.12. The van der Waals surface area contributed by atoms with Crippen LogP contribution in [0.4, 0.5) is 0 Å². The zero-order valence-electron chi connectivity index (χ0n) is 14.4. The Morgan fingerprint density at radius 2 is 1.42 bits per heavy atom. The first-order valence-corrected chi connectivity index (χ1v) is 8.45. The van der Waals surface area contributed by atoms with Crippen molar-refractivity contribution < 1.29 is 20.1 Å². The van der Waals surface area contributed by atoms with Crippen molar-refractivity contribution in [2.24, 2.45) is 0 Å². The van der Waals surface area contributed by atoms with Crippen LogP contribution in [0, 0.1) is 14.9 Å². The Balaban J connectivity index is -0.000000853. The number of piperidine rings is 1. The Morgan fingerprint density at radius 1 is 0.947 bits per heavy atom. The van der Waals surface area contributed by atoms with Crippen LogP contribution in [0.5, 0.6) is 0 Å². The van der Waals surface area contributed by atoms with E-state index in [1.165, 1.54) is 25.4 Å². The quantitative estimate of drug-likeness (QED) is 0.371. The monoisotopic (exact) mass is 466 g/mol. The molecule has 1 atom stereocenters. The van der Waals surface area contributed by atoms with Crippen molar-refractivity contribution in [3.63, 3.8) is 0 Å². The Morgan fingerprint density at radius 3 is 1.74 bits per heavy atom. The van der Waals surface area contributed by atoms with Crippen LogP contribution in [0.1, 0.15) is 60.8 Å². The first-order chi connectivity index (χ1) is 7.21. The molecule has 1 heterocycles. The minimum absolute atomic E-state index is 0. The molecule has 1 aliphatic rings. The van der Waals surface area contributed by atoms with E-state index in [0.717, 1.165) is 6.54 Å². The van der Waals surface area contributed by atoms with Crippen LogP contribution in [0.3, 0.4) is 0 Å². The van der Waals surface area contributed by atoms with Gasteiger partial charge in [-0.15, -0.1) is 12.6 Å². The van der Waals surface area contributed by atoms with Gasteiger partial charge in [0.1, 0.15) is 0 Å². The average molecular weight is 466 g/mol. The topological polar surface area (TPSA) is 14.1 Å². The van der Waals surface area contributed by atoms with Gasteiger partial charge in [0, 0.05) is 14.1 Å². The molecule has 0 N–H and O–H groups in total. The fourth-order valence-corrected chi connectivity index (χ4v) is 7.28. The molecule has 3 heteroatoms. The molecule has 0 spiro atoms. The van der Waals surface area contributed by atoms with Gasteiger partial charge in [0.25, 0.3) is 0 Å². The molecule has 1 aliphatic heterocycles. The fraction of sp³-hybridized carbons (Fsp3) is 0.875. The van der Waals surface area contributed by atoms with Crippen molar-refractivity contribution >= 4 is 7.92 Å². The summed E-state index contributed by atoms with van der Waals surface area (Å²) in [5.41, 5.74) is 0. The van der Waals surface area contributed by atoms with Crippen molar-refractivity contribution in [3.05, 3.63) is 20.2 Å². The molecular weight excluding hydrogens is 429 g/mol. The standard InChI is InChI=1S/C14H29NP.2CH3.Ir/c1-13(2,3)16(14(4,5)6)11-12-9-7-8-10-15-12;;;/h12H,7-11H2,1-6H3;2*1H3;/q3*-1;+3/p+1. The van der Waals surface area contributed by atoms with E-state index in [2.05, 4.69) is 41.5 Å². The molecule has 1 fully saturated rings. The maximum atomic E-state index is 4.82. The minimum atomic E-state index is -0.368. The molecular formula is C16H36IrNP+. The second-order valence-corrected chi connectivity index (χ2v) is 11.6. The summed E-state index contributed by atoms with van der Waals surface area (Å²) in [4.78, 5) is 0. The summed E-state index contributed by atoms with van der Waals surface area (Å²) >= 11 is 0. The van der Waals surface area contributed by atoms with Crippen LogP contribution in [0.25, 0.3) is 5.32 Å². The zero-order chi connectivity index (χ0) is 12.4. The molecule has 0 amide bonds. The summed E-state index contributed by atoms with van der Waals surface area (Å²) in [5.74, 6) is 0. The Hall–Kier alpha value is 1.04. The van der Waals surface area contributed by atoms with Gasteiger partial charge in [-0.2, -0.15) is 0 Å². The number of rotatable bonds is 2. The Bertz CT molecular complexity index is 198. The Labute approximate surface area is 138 Å². The smallest absolute Gasteiger partial charge is 0.657 e. The third-order valence-corrected chi connectivity index (χ3v) is 8.08. The summed E-state index contributed by atoms with van der Waals surface area (Å²) in [6, 6.07) is 0.682. The number of hydrogen-bond acceptors (Lipinski definition) is 0. The van der Waals surface area contributed by atoms with Gasteiger partial charge >= 0.3 is 20.1 Å². The molecule has 0 aliphatic carbocycles. The second-order valence-electron chi connectivity index (χ2n) is 7.24. The number of nitrogens with zero attached hydrogens (tertiary/aromatic N) is 1. The van der Waals surface area contributed by atoms with E-state index in [1.807, 2.05) is 0 Å². The number of hydrogen-bond donors (Lipinski definition) is 0. The molecule has 1 rings (SSSR count). The van der Waals surface area contributed by atoms with E-state index in [0.29, 0.717) is 16.4 Å². The summed E-state index contributed by atoms with van der Waals surface area (Å²) in [5, 5.41) is 5.81. The van der Waals surface area contributed by atoms with E-state index in [1.54, 1.807) is 0 Å². The predicted octanol–water partition coefficient (Wildman–Crippen LogP) is 5.62. The van der Waals surface area contributed by atoms with Gasteiger partial charge in [-0.25, -0.2) is 0 Å². The zero-order valence-corrected chi connectivity index (χ0v) is 17.8. The molecule has 0 bridgehead atoms. The third-order valence-electron chi connectivity index (χ3n) is 3.58. The normalized spacial score (nSPS) is 20.1. The molecule has 1 unspecified atom stereocenters. The molecule has 0 saturated carbocycles. The molecule has 1 nitrogen and oxygen atoms in total.